The van der Waals surface area contributed by atoms with Gasteiger partial charge in [-0.05, 0) is 36.2 Å². The summed E-state index contributed by atoms with van der Waals surface area (Å²) in [5.74, 6) is 1.67. The number of hydrogen-bond acceptors (Lipinski definition) is 7. The van der Waals surface area contributed by atoms with Crippen LogP contribution in [0, 0.1) is 5.92 Å². The molecule has 2 aromatic carbocycles. The van der Waals surface area contributed by atoms with Crippen molar-refractivity contribution in [2.75, 3.05) is 60.7 Å². The highest BCUT2D eigenvalue weighted by Gasteiger charge is 2.38. The molecular weight excluding hydrogens is 480 g/mol. The third-order valence-corrected chi connectivity index (χ3v) is 8.28. The molecular formula is C26H28N4O5S. The van der Waals surface area contributed by atoms with E-state index in [-0.39, 0.29) is 24.0 Å². The maximum Gasteiger partial charge on any atom is 0.414 e. The zero-order chi connectivity index (χ0) is 24.8. The highest BCUT2D eigenvalue weighted by Crippen LogP contribution is 2.36. The molecule has 36 heavy (non-hydrogen) atoms. The number of anilines is 3. The lowest BCUT2D eigenvalue weighted by molar-refractivity contribution is -0.119. The van der Waals surface area contributed by atoms with Crippen LogP contribution < -0.4 is 19.9 Å². The lowest BCUT2D eigenvalue weighted by Crippen LogP contribution is -2.55. The molecule has 0 bridgehead atoms. The number of fused-ring (bicyclic) bond motifs is 2. The number of aryl methyl sites for hydroxylation is 1. The monoisotopic (exact) mass is 508 g/mol. The minimum Gasteiger partial charge on any atom is -0.497 e. The summed E-state index contributed by atoms with van der Waals surface area (Å²) in [5.41, 5.74) is 3.61. The number of nitrogens with zero attached hydrogens (tertiary/aromatic N) is 3. The van der Waals surface area contributed by atoms with Gasteiger partial charge in [-0.1, -0.05) is 6.07 Å². The Kier molecular flexibility index (Phi) is 6.00. The van der Waals surface area contributed by atoms with Gasteiger partial charge in [0.05, 0.1) is 30.8 Å². The molecule has 4 aliphatic rings. The summed E-state index contributed by atoms with van der Waals surface area (Å²) in [4.78, 5) is 43.8. The quantitative estimate of drug-likeness (QED) is 0.642. The van der Waals surface area contributed by atoms with Crippen LogP contribution in [0.2, 0.25) is 0 Å². The largest absolute Gasteiger partial charge is 0.497 e. The number of thioether (sulfide) groups is 1. The van der Waals surface area contributed by atoms with E-state index >= 15 is 0 Å². The molecule has 188 valence electrons. The first-order chi connectivity index (χ1) is 17.5. The van der Waals surface area contributed by atoms with Crippen LogP contribution in [0.15, 0.2) is 41.3 Å². The topological polar surface area (TPSA) is 91.4 Å². The molecule has 2 saturated heterocycles. The summed E-state index contributed by atoms with van der Waals surface area (Å²) < 4.78 is 11.0. The normalized spacial score (nSPS) is 22.0. The number of likely N-dealkylation sites (tertiary alicyclic amines) is 1. The second-order valence-electron chi connectivity index (χ2n) is 9.72. The van der Waals surface area contributed by atoms with Crippen molar-refractivity contribution in [3.8, 4) is 5.75 Å². The maximum absolute atomic E-state index is 12.7. The van der Waals surface area contributed by atoms with Crippen LogP contribution in [0.3, 0.4) is 0 Å². The number of methoxy groups -OCH3 is 1. The van der Waals surface area contributed by atoms with Crippen molar-refractivity contribution in [3.63, 3.8) is 0 Å². The van der Waals surface area contributed by atoms with E-state index in [0.29, 0.717) is 37.7 Å². The van der Waals surface area contributed by atoms with Gasteiger partial charge in [0.25, 0.3) is 0 Å². The van der Waals surface area contributed by atoms with Crippen molar-refractivity contribution in [1.82, 2.24) is 4.90 Å². The molecule has 0 spiro atoms. The Morgan fingerprint density at radius 3 is 2.75 bits per heavy atom. The second kappa shape index (κ2) is 9.33. The van der Waals surface area contributed by atoms with Crippen LogP contribution in [0.1, 0.15) is 12.0 Å². The lowest BCUT2D eigenvalue weighted by Gasteiger charge is -2.43. The number of ether oxygens (including phenoxy) is 2. The molecule has 10 heteroatoms. The molecule has 0 aromatic heterocycles. The molecule has 0 radical (unpaired) electrons. The minimum atomic E-state index is -0.365. The van der Waals surface area contributed by atoms with E-state index < -0.39 is 0 Å². The molecule has 6 rings (SSSR count). The van der Waals surface area contributed by atoms with Crippen LogP contribution >= 0.6 is 11.8 Å². The van der Waals surface area contributed by atoms with Crippen molar-refractivity contribution < 1.29 is 23.9 Å². The van der Waals surface area contributed by atoms with E-state index in [9.17, 15) is 14.4 Å². The Morgan fingerprint density at radius 2 is 1.92 bits per heavy atom. The number of nitrogens with one attached hydrogen (secondary N) is 1. The number of hydrogen-bond donors (Lipinski definition) is 1. The van der Waals surface area contributed by atoms with Gasteiger partial charge in [-0.25, -0.2) is 4.79 Å². The Balaban J connectivity index is 1.04. The SMILES string of the molecule is COc1ccc2c(c1)N(CC1CN(C[C@H]3CN(c4ccc5c(c4)NC(=O)CS5)C(=O)O3)C1)C(=O)CC2. The van der Waals surface area contributed by atoms with E-state index in [0.717, 1.165) is 47.2 Å². The van der Waals surface area contributed by atoms with Crippen molar-refractivity contribution in [2.24, 2.45) is 5.92 Å². The first-order valence-corrected chi connectivity index (χ1v) is 13.2. The van der Waals surface area contributed by atoms with E-state index in [1.165, 1.54) is 17.3 Å². The van der Waals surface area contributed by atoms with Gasteiger partial charge < -0.3 is 19.7 Å². The molecule has 3 amide bonds. The molecule has 0 saturated carbocycles. The van der Waals surface area contributed by atoms with Gasteiger partial charge in [0, 0.05) is 55.2 Å². The van der Waals surface area contributed by atoms with Crippen LogP contribution in [0.4, 0.5) is 21.9 Å². The number of cyclic esters (lactones) is 1. The Bertz CT molecular complexity index is 1230. The standard InChI is InChI=1S/C26H28N4O5S/c1-34-19-5-2-17-3-7-25(32)30(22(17)9-19)12-16-10-28(11-16)13-20-14-29(26(33)35-20)18-4-6-23-21(8-18)27-24(31)15-36-23/h2,4-6,8-9,16,20H,3,7,10-15H2,1H3,(H,27,31)/t20-/m0/s1. The molecule has 2 aromatic rings. The summed E-state index contributed by atoms with van der Waals surface area (Å²) in [6, 6.07) is 11.6. The highest BCUT2D eigenvalue weighted by molar-refractivity contribution is 8.00. The zero-order valence-electron chi connectivity index (χ0n) is 20.1. The van der Waals surface area contributed by atoms with Gasteiger partial charge in [-0.3, -0.25) is 19.4 Å². The van der Waals surface area contributed by atoms with Gasteiger partial charge in [0.2, 0.25) is 11.8 Å². The van der Waals surface area contributed by atoms with E-state index in [1.54, 1.807) is 12.0 Å². The third-order valence-electron chi connectivity index (χ3n) is 7.21. The first kappa shape index (κ1) is 23.2. The smallest absolute Gasteiger partial charge is 0.414 e. The van der Waals surface area contributed by atoms with Gasteiger partial charge in [-0.15, -0.1) is 11.8 Å². The van der Waals surface area contributed by atoms with Gasteiger partial charge in [0.15, 0.2) is 0 Å². The van der Waals surface area contributed by atoms with Crippen LogP contribution in [0.5, 0.6) is 5.75 Å². The molecule has 1 N–H and O–H groups in total. The van der Waals surface area contributed by atoms with Crippen molar-refractivity contribution in [1.29, 1.82) is 0 Å². The third kappa shape index (κ3) is 4.39. The Morgan fingerprint density at radius 1 is 1.06 bits per heavy atom. The fourth-order valence-corrected chi connectivity index (χ4v) is 6.19. The summed E-state index contributed by atoms with van der Waals surface area (Å²) in [6.07, 6.45) is 0.718. The molecule has 2 fully saturated rings. The Hall–Kier alpha value is -3.24. The zero-order valence-corrected chi connectivity index (χ0v) is 20.9. The fraction of sp³-hybridized carbons (Fsp3) is 0.423. The van der Waals surface area contributed by atoms with Crippen LogP contribution in [-0.2, 0) is 20.7 Å². The summed E-state index contributed by atoms with van der Waals surface area (Å²) in [6.45, 7) is 3.54. The molecule has 0 unspecified atom stereocenters. The lowest BCUT2D eigenvalue weighted by atomic mass is 9.95. The van der Waals surface area contributed by atoms with Crippen molar-refractivity contribution >= 4 is 46.7 Å². The second-order valence-corrected chi connectivity index (χ2v) is 10.7. The first-order valence-electron chi connectivity index (χ1n) is 12.2. The molecule has 1 atom stereocenters. The maximum atomic E-state index is 12.7. The van der Waals surface area contributed by atoms with Crippen LogP contribution in [0.25, 0.3) is 0 Å². The number of carbonyl (C=O) groups is 3. The summed E-state index contributed by atoms with van der Waals surface area (Å²) >= 11 is 1.49. The van der Waals surface area contributed by atoms with E-state index in [2.05, 4.69) is 16.3 Å². The summed E-state index contributed by atoms with van der Waals surface area (Å²) in [7, 11) is 1.64. The molecule has 4 heterocycles. The summed E-state index contributed by atoms with van der Waals surface area (Å²) in [5, 5.41) is 2.87. The predicted molar refractivity (Wildman–Crippen MR) is 137 cm³/mol. The molecule has 4 aliphatic heterocycles. The number of rotatable bonds is 6. The number of amides is 3. The number of benzene rings is 2. The minimum absolute atomic E-state index is 0.0345. The average molecular weight is 509 g/mol. The van der Waals surface area contributed by atoms with Gasteiger partial charge >= 0.3 is 6.09 Å². The van der Waals surface area contributed by atoms with Crippen molar-refractivity contribution in [2.45, 2.75) is 23.8 Å². The van der Waals surface area contributed by atoms with Gasteiger partial charge in [-0.2, -0.15) is 0 Å². The Labute approximate surface area is 213 Å². The van der Waals surface area contributed by atoms with E-state index in [1.807, 2.05) is 35.2 Å². The molecule has 9 nitrogen and oxygen atoms in total. The van der Waals surface area contributed by atoms with Crippen LogP contribution in [-0.4, -0.2) is 74.5 Å². The average Bonchev–Trinajstić information content (AvgIpc) is 3.23. The number of carbonyl (C=O) groups excluding carboxylic acids is 3. The van der Waals surface area contributed by atoms with E-state index in [4.69, 9.17) is 9.47 Å². The highest BCUT2D eigenvalue weighted by atomic mass is 32.2. The van der Waals surface area contributed by atoms with Gasteiger partial charge in [0.1, 0.15) is 11.9 Å². The van der Waals surface area contributed by atoms with Crippen molar-refractivity contribution in [3.05, 3.63) is 42.0 Å². The molecule has 0 aliphatic carbocycles. The fourth-order valence-electron chi connectivity index (χ4n) is 5.40. The predicted octanol–water partition coefficient (Wildman–Crippen LogP) is 2.98.